The molecule has 0 N–H and O–H groups in total. The number of benzene rings is 1. The van der Waals surface area contributed by atoms with Crippen molar-refractivity contribution >= 4 is 22.3 Å². The zero-order valence-corrected chi connectivity index (χ0v) is 13.8. The third-order valence-corrected chi connectivity index (χ3v) is 3.35. The van der Waals surface area contributed by atoms with Crippen LogP contribution in [0.25, 0.3) is 12.2 Å². The van der Waals surface area contributed by atoms with Gasteiger partial charge < -0.3 is 4.74 Å². The second-order valence-corrected chi connectivity index (χ2v) is 6.53. The molecule has 0 bridgehead atoms. The van der Waals surface area contributed by atoms with Crippen LogP contribution >= 0.6 is 0 Å². The minimum absolute atomic E-state index is 0.330. The van der Waals surface area contributed by atoms with Gasteiger partial charge in [0, 0.05) is 6.07 Å². The van der Waals surface area contributed by atoms with Crippen molar-refractivity contribution in [3.05, 3.63) is 63.6 Å². The Morgan fingerprint density at radius 1 is 1.09 bits per heavy atom. The average molecular weight is 335 g/mol. The van der Waals surface area contributed by atoms with Gasteiger partial charge in [-0.05, 0) is 42.3 Å². The first-order valence-electron chi connectivity index (χ1n) is 6.74. The molecule has 0 saturated heterocycles. The fraction of sp³-hybridized carbons (Fsp3) is 0.188. The first-order chi connectivity index (χ1) is 10.8. The number of pyridine rings is 1. The van der Waals surface area contributed by atoms with E-state index in [4.69, 9.17) is 9.02 Å². The molecule has 1 heterocycles. The molecule has 0 spiro atoms. The number of hydrogen-bond acceptors (Lipinski definition) is 5. The molecule has 0 aliphatic carbocycles. The van der Waals surface area contributed by atoms with E-state index >= 15 is 0 Å². The van der Waals surface area contributed by atoms with Crippen molar-refractivity contribution in [2.45, 2.75) is 6.92 Å². The van der Waals surface area contributed by atoms with Gasteiger partial charge in [-0.3, -0.25) is 9.08 Å². The molecule has 0 amide bonds. The van der Waals surface area contributed by atoms with Gasteiger partial charge in [0.05, 0.1) is 19.1 Å². The lowest BCUT2D eigenvalue weighted by molar-refractivity contribution is 0.267. The zero-order chi connectivity index (χ0) is 17.0. The summed E-state index contributed by atoms with van der Waals surface area (Å²) < 4.78 is 33.2. The molecule has 1 aromatic carbocycles. The second kappa shape index (κ2) is 6.70. The topological polar surface area (TPSA) is 74.6 Å². The van der Waals surface area contributed by atoms with Gasteiger partial charge in [-0.15, -0.1) is 4.73 Å². The molecule has 0 radical (unpaired) electrons. The summed E-state index contributed by atoms with van der Waals surface area (Å²) in [6.45, 7) is 1.75. The molecule has 0 saturated carbocycles. The molecule has 23 heavy (non-hydrogen) atoms. The van der Waals surface area contributed by atoms with Crippen molar-refractivity contribution < 1.29 is 17.4 Å². The predicted octanol–water partition coefficient (Wildman–Crippen LogP) is 1.72. The molecular formula is C16H17NO5S. The van der Waals surface area contributed by atoms with Crippen molar-refractivity contribution in [3.63, 3.8) is 0 Å². The molecule has 7 heteroatoms. The largest absolute Gasteiger partial charge is 0.497 e. The van der Waals surface area contributed by atoms with Crippen LogP contribution in [-0.4, -0.2) is 26.5 Å². The summed E-state index contributed by atoms with van der Waals surface area (Å²) in [5, 5.41) is 0. The van der Waals surface area contributed by atoms with E-state index in [-0.39, 0.29) is 0 Å². The summed E-state index contributed by atoms with van der Waals surface area (Å²) in [5.41, 5.74) is 1.35. The second-order valence-electron chi connectivity index (χ2n) is 4.98. The van der Waals surface area contributed by atoms with Gasteiger partial charge in [-0.2, -0.15) is 8.42 Å². The highest BCUT2D eigenvalue weighted by Gasteiger charge is 2.10. The maximum Gasteiger partial charge on any atom is 0.324 e. The van der Waals surface area contributed by atoms with Gasteiger partial charge in [0.15, 0.2) is 0 Å². The molecule has 0 unspecified atom stereocenters. The van der Waals surface area contributed by atoms with Gasteiger partial charge in [0.25, 0.3) is 5.56 Å². The Morgan fingerprint density at radius 2 is 1.74 bits per heavy atom. The summed E-state index contributed by atoms with van der Waals surface area (Å²) in [6.07, 6.45) is 4.24. The fourth-order valence-electron chi connectivity index (χ4n) is 1.94. The van der Waals surface area contributed by atoms with Crippen LogP contribution in [0.15, 0.2) is 41.2 Å². The zero-order valence-electron chi connectivity index (χ0n) is 13.0. The first kappa shape index (κ1) is 16.8. The van der Waals surface area contributed by atoms with Crippen molar-refractivity contribution in [3.8, 4) is 5.75 Å². The third-order valence-electron chi connectivity index (χ3n) is 2.93. The summed E-state index contributed by atoms with van der Waals surface area (Å²) in [5.74, 6) is 0.732. The van der Waals surface area contributed by atoms with Crippen LogP contribution in [0.5, 0.6) is 5.75 Å². The van der Waals surface area contributed by atoms with Crippen molar-refractivity contribution in [1.82, 2.24) is 4.73 Å². The molecule has 6 nitrogen and oxygen atoms in total. The number of ether oxygens (including phenoxy) is 1. The highest BCUT2D eigenvalue weighted by Crippen LogP contribution is 2.14. The summed E-state index contributed by atoms with van der Waals surface area (Å²) in [4.78, 5) is 12.0. The van der Waals surface area contributed by atoms with Crippen LogP contribution in [0.2, 0.25) is 0 Å². The smallest absolute Gasteiger partial charge is 0.324 e. The molecule has 0 aliphatic heterocycles. The molecule has 0 fully saturated rings. The van der Waals surface area contributed by atoms with Crippen LogP contribution in [0, 0.1) is 6.92 Å². The molecular weight excluding hydrogens is 318 g/mol. The summed E-state index contributed by atoms with van der Waals surface area (Å²) in [6, 6.07) is 10.2. The first-order valence-corrected chi connectivity index (χ1v) is 8.56. The average Bonchev–Trinajstić information content (AvgIpc) is 2.47. The Bertz CT molecular complexity index is 880. The Labute approximate surface area is 134 Å². The molecule has 122 valence electrons. The minimum atomic E-state index is -3.81. The number of aryl methyl sites for hydroxylation is 1. The van der Waals surface area contributed by atoms with Crippen LogP contribution in [0.4, 0.5) is 0 Å². The van der Waals surface area contributed by atoms with Crippen LogP contribution in [0.1, 0.15) is 16.8 Å². The number of rotatable bonds is 5. The SMILES string of the molecule is COc1ccc(C=Cc2cc(C)cc(=O)n2OS(C)(=O)=O)cc1. The van der Waals surface area contributed by atoms with E-state index in [0.29, 0.717) is 11.3 Å². The van der Waals surface area contributed by atoms with Gasteiger partial charge >= 0.3 is 10.1 Å². The highest BCUT2D eigenvalue weighted by atomic mass is 32.2. The molecule has 1 aromatic heterocycles. The molecule has 2 rings (SSSR count). The standard InChI is InChI=1S/C16H17NO5S/c1-12-10-14(17(16(18)11-12)22-23(3,19)20)7-4-13-5-8-15(21-2)9-6-13/h4-11H,1-3H3. The minimum Gasteiger partial charge on any atom is -0.497 e. The monoisotopic (exact) mass is 335 g/mol. The van der Waals surface area contributed by atoms with Crippen LogP contribution < -0.4 is 14.6 Å². The number of methoxy groups -OCH3 is 1. The van der Waals surface area contributed by atoms with Crippen molar-refractivity contribution in [2.75, 3.05) is 13.4 Å². The van der Waals surface area contributed by atoms with E-state index < -0.39 is 15.7 Å². The Hall–Kier alpha value is -2.54. The van der Waals surface area contributed by atoms with E-state index in [9.17, 15) is 13.2 Å². The van der Waals surface area contributed by atoms with E-state index in [1.54, 1.807) is 44.4 Å². The lowest BCUT2D eigenvalue weighted by Gasteiger charge is -2.09. The van der Waals surface area contributed by atoms with E-state index in [1.807, 2.05) is 12.1 Å². The fourth-order valence-corrected chi connectivity index (χ4v) is 2.37. The Kier molecular flexibility index (Phi) is 4.90. The molecule has 0 aliphatic rings. The lowest BCUT2D eigenvalue weighted by atomic mass is 10.1. The maximum absolute atomic E-state index is 12.0. The number of hydrogen-bond donors (Lipinski definition) is 0. The van der Waals surface area contributed by atoms with Crippen LogP contribution in [-0.2, 0) is 10.1 Å². The van der Waals surface area contributed by atoms with Crippen molar-refractivity contribution in [1.29, 1.82) is 0 Å². The third kappa shape index (κ3) is 4.72. The van der Waals surface area contributed by atoms with Gasteiger partial charge in [0.2, 0.25) is 0 Å². The molecule has 0 atom stereocenters. The van der Waals surface area contributed by atoms with E-state index in [1.165, 1.54) is 6.07 Å². The van der Waals surface area contributed by atoms with Crippen LogP contribution in [0.3, 0.4) is 0 Å². The highest BCUT2D eigenvalue weighted by molar-refractivity contribution is 7.86. The predicted molar refractivity (Wildman–Crippen MR) is 88.8 cm³/mol. The van der Waals surface area contributed by atoms with E-state index in [2.05, 4.69) is 0 Å². The van der Waals surface area contributed by atoms with Gasteiger partial charge in [0.1, 0.15) is 5.75 Å². The Balaban J connectivity index is 2.41. The quantitative estimate of drug-likeness (QED) is 0.832. The lowest BCUT2D eigenvalue weighted by Crippen LogP contribution is -2.31. The number of nitrogens with zero attached hydrogens (tertiary/aromatic N) is 1. The maximum atomic E-state index is 12.0. The van der Waals surface area contributed by atoms with E-state index in [0.717, 1.165) is 22.3 Å². The summed E-state index contributed by atoms with van der Waals surface area (Å²) >= 11 is 0. The van der Waals surface area contributed by atoms with Gasteiger partial charge in [-0.25, -0.2) is 0 Å². The van der Waals surface area contributed by atoms with Gasteiger partial charge in [-0.1, -0.05) is 18.2 Å². The Morgan fingerprint density at radius 3 is 2.30 bits per heavy atom. The summed E-state index contributed by atoms with van der Waals surface area (Å²) in [7, 11) is -2.23. The normalized spacial score (nSPS) is 11.6. The number of aromatic nitrogens is 1. The molecule has 2 aromatic rings. The van der Waals surface area contributed by atoms with Crippen molar-refractivity contribution in [2.24, 2.45) is 0 Å².